The summed E-state index contributed by atoms with van der Waals surface area (Å²) < 4.78 is 0. The van der Waals surface area contributed by atoms with Gasteiger partial charge in [-0.2, -0.15) is 10.1 Å². The van der Waals surface area contributed by atoms with Crippen molar-refractivity contribution in [2.45, 2.75) is 6.92 Å². The number of aromatic hydroxyl groups is 1. The summed E-state index contributed by atoms with van der Waals surface area (Å²) in [6.45, 7) is 1.69. The van der Waals surface area contributed by atoms with E-state index >= 15 is 0 Å². The van der Waals surface area contributed by atoms with Crippen molar-refractivity contribution in [2.24, 2.45) is 5.10 Å². The molecule has 0 aromatic heterocycles. The largest absolute Gasteiger partial charge is 0.507 e. The number of hydrazone groups is 1. The van der Waals surface area contributed by atoms with Gasteiger partial charge in [0, 0.05) is 5.56 Å². The van der Waals surface area contributed by atoms with E-state index in [1.54, 1.807) is 43.3 Å². The highest BCUT2D eigenvalue weighted by Crippen LogP contribution is 2.27. The molecule has 0 bridgehead atoms. The SMILES string of the molecule is CC1=NN(c2cccc(C(=O)O)c2)C(=O)/C1=C\c1ccccc1O. The van der Waals surface area contributed by atoms with Crippen LogP contribution in [-0.2, 0) is 4.79 Å². The lowest BCUT2D eigenvalue weighted by molar-refractivity contribution is -0.114. The van der Waals surface area contributed by atoms with Crippen LogP contribution in [-0.4, -0.2) is 27.8 Å². The topological polar surface area (TPSA) is 90.2 Å². The Balaban J connectivity index is 1.98. The van der Waals surface area contributed by atoms with E-state index in [-0.39, 0.29) is 17.2 Å². The molecule has 120 valence electrons. The number of benzene rings is 2. The van der Waals surface area contributed by atoms with E-state index in [4.69, 9.17) is 5.11 Å². The number of hydrogen-bond donors (Lipinski definition) is 2. The van der Waals surface area contributed by atoms with Gasteiger partial charge in [0.05, 0.1) is 22.5 Å². The van der Waals surface area contributed by atoms with Gasteiger partial charge in [-0.3, -0.25) is 4.79 Å². The summed E-state index contributed by atoms with van der Waals surface area (Å²) in [5.74, 6) is -1.38. The van der Waals surface area contributed by atoms with Gasteiger partial charge < -0.3 is 10.2 Å². The van der Waals surface area contributed by atoms with E-state index in [2.05, 4.69) is 5.10 Å². The summed E-state index contributed by atoms with van der Waals surface area (Å²) in [6, 6.07) is 12.7. The van der Waals surface area contributed by atoms with Gasteiger partial charge in [0.25, 0.3) is 5.91 Å². The molecule has 1 heterocycles. The number of aromatic carboxylic acids is 1. The quantitative estimate of drug-likeness (QED) is 0.850. The second kappa shape index (κ2) is 6.00. The lowest BCUT2D eigenvalue weighted by atomic mass is 10.1. The summed E-state index contributed by atoms with van der Waals surface area (Å²) in [5.41, 5.74) is 1.80. The maximum atomic E-state index is 12.6. The third-order valence-corrected chi connectivity index (χ3v) is 3.64. The first-order valence-corrected chi connectivity index (χ1v) is 7.20. The monoisotopic (exact) mass is 322 g/mol. The van der Waals surface area contributed by atoms with Crippen LogP contribution in [0.4, 0.5) is 5.69 Å². The Bertz CT molecular complexity index is 899. The highest BCUT2D eigenvalue weighted by molar-refractivity contribution is 6.32. The molecule has 1 aliphatic heterocycles. The zero-order chi connectivity index (χ0) is 17.3. The molecular formula is C18H14N2O4. The molecule has 0 spiro atoms. The standard InChI is InChI=1S/C18H14N2O4/c1-11-15(10-12-5-2-3-8-16(12)21)17(22)20(19-11)14-7-4-6-13(9-14)18(23)24/h2-10,21H,1H3,(H,23,24)/b15-10-. The predicted octanol–water partition coefficient (Wildman–Crippen LogP) is 2.90. The van der Waals surface area contributed by atoms with Crippen LogP contribution in [0.5, 0.6) is 5.75 Å². The van der Waals surface area contributed by atoms with E-state index in [0.29, 0.717) is 22.5 Å². The molecule has 2 N–H and O–H groups in total. The van der Waals surface area contributed by atoms with E-state index in [1.165, 1.54) is 18.2 Å². The number of para-hydroxylation sites is 1. The molecular weight excluding hydrogens is 308 g/mol. The summed E-state index contributed by atoms with van der Waals surface area (Å²) >= 11 is 0. The number of carbonyl (C=O) groups excluding carboxylic acids is 1. The number of carbonyl (C=O) groups is 2. The van der Waals surface area contributed by atoms with Crippen LogP contribution in [0.3, 0.4) is 0 Å². The Morgan fingerprint density at radius 1 is 1.17 bits per heavy atom. The molecule has 3 rings (SSSR count). The number of carboxylic acids is 1. The van der Waals surface area contributed by atoms with Crippen LogP contribution in [0.1, 0.15) is 22.8 Å². The smallest absolute Gasteiger partial charge is 0.335 e. The maximum Gasteiger partial charge on any atom is 0.335 e. The normalized spacial score (nSPS) is 15.7. The maximum absolute atomic E-state index is 12.6. The van der Waals surface area contributed by atoms with Crippen molar-refractivity contribution in [3.8, 4) is 5.75 Å². The number of rotatable bonds is 3. The second-order valence-electron chi connectivity index (χ2n) is 5.27. The first kappa shape index (κ1) is 15.5. The van der Waals surface area contributed by atoms with Gasteiger partial charge in [0.2, 0.25) is 0 Å². The Kier molecular flexibility index (Phi) is 3.87. The van der Waals surface area contributed by atoms with Crippen molar-refractivity contribution in [1.29, 1.82) is 0 Å². The van der Waals surface area contributed by atoms with E-state index in [0.717, 1.165) is 5.01 Å². The highest BCUT2D eigenvalue weighted by Gasteiger charge is 2.29. The van der Waals surface area contributed by atoms with Crippen LogP contribution in [0.15, 0.2) is 59.2 Å². The minimum absolute atomic E-state index is 0.0666. The fourth-order valence-corrected chi connectivity index (χ4v) is 2.40. The van der Waals surface area contributed by atoms with Gasteiger partial charge in [0.15, 0.2) is 0 Å². The first-order valence-electron chi connectivity index (χ1n) is 7.20. The average molecular weight is 322 g/mol. The highest BCUT2D eigenvalue weighted by atomic mass is 16.4. The lowest BCUT2D eigenvalue weighted by Gasteiger charge is -2.12. The summed E-state index contributed by atoms with van der Waals surface area (Å²) in [7, 11) is 0. The van der Waals surface area contributed by atoms with Crippen molar-refractivity contribution in [1.82, 2.24) is 0 Å². The molecule has 1 amide bonds. The van der Waals surface area contributed by atoms with Crippen molar-refractivity contribution in [3.63, 3.8) is 0 Å². The molecule has 2 aromatic rings. The van der Waals surface area contributed by atoms with Crippen molar-refractivity contribution >= 4 is 29.4 Å². The number of hydrogen-bond acceptors (Lipinski definition) is 4. The molecule has 2 aromatic carbocycles. The fourth-order valence-electron chi connectivity index (χ4n) is 2.40. The first-order chi connectivity index (χ1) is 11.5. The molecule has 6 heteroatoms. The Hall–Kier alpha value is -3.41. The van der Waals surface area contributed by atoms with Crippen LogP contribution in [0, 0.1) is 0 Å². The van der Waals surface area contributed by atoms with Gasteiger partial charge in [-0.15, -0.1) is 0 Å². The minimum atomic E-state index is -1.07. The molecule has 1 aliphatic rings. The molecule has 0 saturated heterocycles. The van der Waals surface area contributed by atoms with Crippen LogP contribution in [0.25, 0.3) is 6.08 Å². The third kappa shape index (κ3) is 2.77. The van der Waals surface area contributed by atoms with E-state index in [1.807, 2.05) is 0 Å². The molecule has 24 heavy (non-hydrogen) atoms. The lowest BCUT2D eigenvalue weighted by Crippen LogP contribution is -2.21. The van der Waals surface area contributed by atoms with Crippen molar-refractivity contribution < 1.29 is 19.8 Å². The number of phenols is 1. The van der Waals surface area contributed by atoms with E-state index < -0.39 is 5.97 Å². The van der Waals surface area contributed by atoms with Gasteiger partial charge in [0.1, 0.15) is 5.75 Å². The van der Waals surface area contributed by atoms with Gasteiger partial charge in [-0.1, -0.05) is 24.3 Å². The second-order valence-corrected chi connectivity index (χ2v) is 5.27. The number of phenolic OH excluding ortho intramolecular Hbond substituents is 1. The number of anilines is 1. The van der Waals surface area contributed by atoms with Crippen LogP contribution in [0.2, 0.25) is 0 Å². The molecule has 0 fully saturated rings. The Labute approximate surface area is 138 Å². The Morgan fingerprint density at radius 2 is 1.92 bits per heavy atom. The molecule has 0 aliphatic carbocycles. The van der Waals surface area contributed by atoms with Crippen molar-refractivity contribution in [2.75, 3.05) is 5.01 Å². The van der Waals surface area contributed by atoms with Crippen LogP contribution >= 0.6 is 0 Å². The molecule has 0 saturated carbocycles. The van der Waals surface area contributed by atoms with Gasteiger partial charge in [-0.25, -0.2) is 4.79 Å². The number of nitrogens with zero attached hydrogens (tertiary/aromatic N) is 2. The molecule has 0 unspecified atom stereocenters. The predicted molar refractivity (Wildman–Crippen MR) is 90.1 cm³/mol. The van der Waals surface area contributed by atoms with Gasteiger partial charge in [-0.05, 0) is 37.3 Å². The number of amides is 1. The Morgan fingerprint density at radius 3 is 2.62 bits per heavy atom. The molecule has 6 nitrogen and oxygen atoms in total. The fraction of sp³-hybridized carbons (Fsp3) is 0.0556. The number of carboxylic acid groups (broad SMARTS) is 1. The van der Waals surface area contributed by atoms with E-state index in [9.17, 15) is 14.7 Å². The minimum Gasteiger partial charge on any atom is -0.507 e. The zero-order valence-electron chi connectivity index (χ0n) is 12.8. The zero-order valence-corrected chi connectivity index (χ0v) is 12.8. The average Bonchev–Trinajstić information content (AvgIpc) is 2.85. The third-order valence-electron chi connectivity index (χ3n) is 3.64. The summed E-state index contributed by atoms with van der Waals surface area (Å²) in [4.78, 5) is 23.7. The van der Waals surface area contributed by atoms with Crippen LogP contribution < -0.4 is 5.01 Å². The molecule has 0 atom stereocenters. The molecule has 0 radical (unpaired) electrons. The van der Waals surface area contributed by atoms with Gasteiger partial charge >= 0.3 is 5.97 Å². The van der Waals surface area contributed by atoms with Crippen molar-refractivity contribution in [3.05, 3.63) is 65.2 Å². The summed E-state index contributed by atoms with van der Waals surface area (Å²) in [6.07, 6.45) is 1.57. The summed E-state index contributed by atoms with van der Waals surface area (Å²) in [5, 5.41) is 24.3.